The molecule has 0 N–H and O–H groups in total. The van der Waals surface area contributed by atoms with Crippen LogP contribution < -0.4 is 10.7 Å². The number of amides is 1. The average molecular weight is 459 g/mol. The number of fused-ring (bicyclic) bond motifs is 2. The zero-order chi connectivity index (χ0) is 22.1. The molecule has 9 heteroatoms. The Kier molecular flexibility index (Phi) is 6.13. The van der Waals surface area contributed by atoms with Crippen molar-refractivity contribution >= 4 is 55.3 Å². The van der Waals surface area contributed by atoms with E-state index in [2.05, 4.69) is 4.90 Å². The molecule has 0 bridgehead atoms. The number of carbonyl (C=O) groups excluding carboxylic acids is 1. The van der Waals surface area contributed by atoms with Gasteiger partial charge in [-0.15, -0.1) is 0 Å². The zero-order valence-electron chi connectivity index (χ0n) is 17.6. The van der Waals surface area contributed by atoms with E-state index in [4.69, 9.17) is 21.0 Å². The average Bonchev–Trinajstić information content (AvgIpc) is 3.29. The lowest BCUT2D eigenvalue weighted by molar-refractivity contribution is -0.119. The Hall–Kier alpha value is -2.68. The minimum atomic E-state index is -0.547. The van der Waals surface area contributed by atoms with E-state index < -0.39 is 5.76 Å². The summed E-state index contributed by atoms with van der Waals surface area (Å²) >= 11 is 7.70. The van der Waals surface area contributed by atoms with Crippen molar-refractivity contribution in [1.82, 2.24) is 14.5 Å². The zero-order valence-corrected chi connectivity index (χ0v) is 19.2. The van der Waals surface area contributed by atoms with E-state index in [0.717, 1.165) is 28.7 Å². The second-order valence-corrected chi connectivity index (χ2v) is 9.06. The third-order valence-corrected chi connectivity index (χ3v) is 6.58. The fraction of sp³-hybridized carbons (Fsp3) is 0.318. The van der Waals surface area contributed by atoms with Gasteiger partial charge >= 0.3 is 5.76 Å². The van der Waals surface area contributed by atoms with Crippen molar-refractivity contribution in [2.24, 2.45) is 0 Å². The number of benzene rings is 2. The van der Waals surface area contributed by atoms with Crippen molar-refractivity contribution in [3.05, 3.63) is 57.5 Å². The Morgan fingerprint density at radius 3 is 2.74 bits per heavy atom. The van der Waals surface area contributed by atoms with Gasteiger partial charge in [0.1, 0.15) is 6.54 Å². The highest BCUT2D eigenvalue weighted by Crippen LogP contribution is 2.33. The quantitative estimate of drug-likeness (QED) is 0.416. The number of anilines is 1. The van der Waals surface area contributed by atoms with E-state index >= 15 is 0 Å². The van der Waals surface area contributed by atoms with Gasteiger partial charge in [-0.25, -0.2) is 9.78 Å². The van der Waals surface area contributed by atoms with Crippen LogP contribution in [-0.2, 0) is 11.3 Å². The standard InChI is InChI=1S/C22H23ClN4O3S/c1-14-15(23)9-10-18-20(14)24-21(31-18)26(12-6-11-25(2)3)19(28)13-27-16-7-4-5-8-17(16)30-22(27)29/h4-5,7-10H,6,11-13H2,1-3H3. The lowest BCUT2D eigenvalue weighted by Crippen LogP contribution is -2.37. The molecule has 0 aliphatic carbocycles. The van der Waals surface area contributed by atoms with Crippen molar-refractivity contribution < 1.29 is 9.21 Å². The van der Waals surface area contributed by atoms with Gasteiger partial charge in [-0.2, -0.15) is 0 Å². The van der Waals surface area contributed by atoms with E-state index in [1.807, 2.05) is 39.2 Å². The largest absolute Gasteiger partial charge is 0.420 e. The number of hydrogen-bond donors (Lipinski definition) is 0. The minimum Gasteiger partial charge on any atom is -0.408 e. The molecule has 0 saturated carbocycles. The second kappa shape index (κ2) is 8.82. The van der Waals surface area contributed by atoms with E-state index in [0.29, 0.717) is 27.8 Å². The molecule has 0 aliphatic heterocycles. The normalized spacial score (nSPS) is 11.6. The van der Waals surface area contributed by atoms with Gasteiger partial charge in [0.2, 0.25) is 5.91 Å². The van der Waals surface area contributed by atoms with Gasteiger partial charge in [0, 0.05) is 11.6 Å². The number of oxazole rings is 1. The van der Waals surface area contributed by atoms with Crippen LogP contribution in [0.15, 0.2) is 45.6 Å². The van der Waals surface area contributed by atoms with Crippen molar-refractivity contribution in [2.45, 2.75) is 19.9 Å². The fourth-order valence-corrected chi connectivity index (χ4v) is 4.68. The maximum Gasteiger partial charge on any atom is 0.420 e. The highest BCUT2D eigenvalue weighted by Gasteiger charge is 2.23. The Morgan fingerprint density at radius 1 is 1.19 bits per heavy atom. The van der Waals surface area contributed by atoms with E-state index in [1.54, 1.807) is 23.1 Å². The molecular weight excluding hydrogens is 436 g/mol. The summed E-state index contributed by atoms with van der Waals surface area (Å²) in [6.07, 6.45) is 0.773. The smallest absolute Gasteiger partial charge is 0.408 e. The highest BCUT2D eigenvalue weighted by molar-refractivity contribution is 7.22. The Morgan fingerprint density at radius 2 is 1.97 bits per heavy atom. The number of halogens is 1. The molecular formula is C22H23ClN4O3S. The van der Waals surface area contributed by atoms with Crippen LogP contribution in [0.4, 0.5) is 5.13 Å². The number of para-hydroxylation sites is 2. The second-order valence-electron chi connectivity index (χ2n) is 7.64. The molecule has 0 saturated heterocycles. The fourth-order valence-electron chi connectivity index (χ4n) is 3.46. The molecule has 0 aliphatic rings. The third kappa shape index (κ3) is 4.37. The van der Waals surface area contributed by atoms with E-state index in [1.165, 1.54) is 15.9 Å². The summed E-state index contributed by atoms with van der Waals surface area (Å²) < 4.78 is 7.61. The number of rotatable bonds is 7. The summed E-state index contributed by atoms with van der Waals surface area (Å²) in [6.45, 7) is 3.12. The molecule has 0 radical (unpaired) electrons. The Balaban J connectivity index is 1.69. The molecule has 1 amide bonds. The molecule has 162 valence electrons. The highest BCUT2D eigenvalue weighted by atomic mass is 35.5. The summed E-state index contributed by atoms with van der Waals surface area (Å²) in [7, 11) is 3.98. The molecule has 2 heterocycles. The van der Waals surface area contributed by atoms with Gasteiger partial charge in [0.25, 0.3) is 0 Å². The van der Waals surface area contributed by atoms with Gasteiger partial charge in [-0.05, 0) is 63.8 Å². The number of thiazole rings is 1. The molecule has 4 rings (SSSR count). The number of hydrogen-bond acceptors (Lipinski definition) is 6. The summed E-state index contributed by atoms with van der Waals surface area (Å²) in [6, 6.07) is 10.9. The van der Waals surface area contributed by atoms with Crippen LogP contribution >= 0.6 is 22.9 Å². The lowest BCUT2D eigenvalue weighted by Gasteiger charge is -2.21. The van der Waals surface area contributed by atoms with Crippen LogP contribution in [0, 0.1) is 6.92 Å². The molecule has 0 atom stereocenters. The maximum atomic E-state index is 13.4. The first-order valence-electron chi connectivity index (χ1n) is 9.94. The predicted octanol–water partition coefficient (Wildman–Crippen LogP) is 4.15. The molecule has 7 nitrogen and oxygen atoms in total. The van der Waals surface area contributed by atoms with Gasteiger partial charge < -0.3 is 9.32 Å². The molecule has 0 fully saturated rings. The number of aromatic nitrogens is 2. The van der Waals surface area contributed by atoms with Crippen molar-refractivity contribution in [3.8, 4) is 0 Å². The van der Waals surface area contributed by atoms with Crippen LogP contribution in [0.5, 0.6) is 0 Å². The first-order chi connectivity index (χ1) is 14.8. The summed E-state index contributed by atoms with van der Waals surface area (Å²) in [5, 5.41) is 1.25. The van der Waals surface area contributed by atoms with Crippen molar-refractivity contribution in [3.63, 3.8) is 0 Å². The van der Waals surface area contributed by atoms with Crippen LogP contribution in [0.1, 0.15) is 12.0 Å². The Bertz CT molecular complexity index is 1310. The minimum absolute atomic E-state index is 0.118. The summed E-state index contributed by atoms with van der Waals surface area (Å²) in [5.41, 5.74) is 2.74. The lowest BCUT2D eigenvalue weighted by atomic mass is 10.2. The first-order valence-corrected chi connectivity index (χ1v) is 11.1. The number of aryl methyl sites for hydroxylation is 1. The molecule has 31 heavy (non-hydrogen) atoms. The van der Waals surface area contributed by atoms with Gasteiger partial charge in [-0.3, -0.25) is 14.3 Å². The SMILES string of the molecule is Cc1c(Cl)ccc2sc(N(CCCN(C)C)C(=O)Cn3c(=O)oc4ccccc43)nc12. The van der Waals surface area contributed by atoms with Crippen LogP contribution in [0.25, 0.3) is 21.3 Å². The molecule has 4 aromatic rings. The predicted molar refractivity (Wildman–Crippen MR) is 125 cm³/mol. The van der Waals surface area contributed by atoms with Gasteiger partial charge in [0.15, 0.2) is 10.7 Å². The molecule has 0 unspecified atom stereocenters. The van der Waals surface area contributed by atoms with E-state index in [9.17, 15) is 9.59 Å². The van der Waals surface area contributed by atoms with E-state index in [-0.39, 0.29) is 12.5 Å². The van der Waals surface area contributed by atoms with Crippen molar-refractivity contribution in [2.75, 3.05) is 32.1 Å². The third-order valence-electron chi connectivity index (χ3n) is 5.12. The van der Waals surface area contributed by atoms with Crippen molar-refractivity contribution in [1.29, 1.82) is 0 Å². The molecule has 2 aromatic carbocycles. The first kappa shape index (κ1) is 21.5. The van der Waals surface area contributed by atoms with Crippen LogP contribution in [0.3, 0.4) is 0 Å². The van der Waals surface area contributed by atoms with Gasteiger partial charge in [0.05, 0.1) is 15.7 Å². The van der Waals surface area contributed by atoms with Crippen LogP contribution in [-0.4, -0.2) is 47.5 Å². The summed E-state index contributed by atoms with van der Waals surface area (Å²) in [5.74, 6) is -0.759. The van der Waals surface area contributed by atoms with Gasteiger partial charge in [-0.1, -0.05) is 35.1 Å². The van der Waals surface area contributed by atoms with Crippen LogP contribution in [0.2, 0.25) is 5.02 Å². The topological polar surface area (TPSA) is 71.6 Å². The monoisotopic (exact) mass is 458 g/mol. The number of carbonyl (C=O) groups is 1. The maximum absolute atomic E-state index is 13.4. The molecule has 2 aromatic heterocycles. The Labute approximate surface area is 188 Å². The number of nitrogens with zero attached hydrogens (tertiary/aromatic N) is 4. The molecule has 0 spiro atoms. The summed E-state index contributed by atoms with van der Waals surface area (Å²) in [4.78, 5) is 34.2.